The Hall–Kier alpha value is -1.56. The maximum atomic E-state index is 6.28. The fourth-order valence-electron chi connectivity index (χ4n) is 2.55. The van der Waals surface area contributed by atoms with Crippen LogP contribution in [0.5, 0.6) is 0 Å². The zero-order chi connectivity index (χ0) is 14.1. The number of rotatable bonds is 8. The summed E-state index contributed by atoms with van der Waals surface area (Å²) in [5.74, 6) is 1.84. The molecule has 0 N–H and O–H groups in total. The van der Waals surface area contributed by atoms with Crippen LogP contribution in [0.4, 0.5) is 0 Å². The molecule has 4 atom stereocenters. The van der Waals surface area contributed by atoms with E-state index < -0.39 is 0 Å². The van der Waals surface area contributed by atoms with E-state index in [2.05, 4.69) is 0 Å². The van der Waals surface area contributed by atoms with E-state index in [9.17, 15) is 0 Å². The molecule has 5 nitrogen and oxygen atoms in total. The van der Waals surface area contributed by atoms with Gasteiger partial charge in [0.05, 0.1) is 37.9 Å². The van der Waals surface area contributed by atoms with Crippen LogP contribution in [0.15, 0.2) is 45.6 Å². The van der Waals surface area contributed by atoms with Gasteiger partial charge < -0.3 is 23.0 Å². The molecular formula is C16H18O5. The molecule has 2 aliphatic heterocycles. The average Bonchev–Trinajstić information content (AvgIpc) is 3.41. The Balaban J connectivity index is 1.42. The Morgan fingerprint density at radius 1 is 0.905 bits per heavy atom. The van der Waals surface area contributed by atoms with E-state index in [1.165, 1.54) is 0 Å². The first-order valence-corrected chi connectivity index (χ1v) is 7.32. The maximum absolute atomic E-state index is 6.28. The molecule has 2 aromatic rings. The normalized spacial score (nSPS) is 26.5. The van der Waals surface area contributed by atoms with Crippen molar-refractivity contribution in [1.82, 2.24) is 0 Å². The van der Waals surface area contributed by atoms with Gasteiger partial charge in [0, 0.05) is 12.8 Å². The van der Waals surface area contributed by atoms with Crippen molar-refractivity contribution >= 4 is 0 Å². The Morgan fingerprint density at radius 2 is 1.38 bits per heavy atom. The summed E-state index contributed by atoms with van der Waals surface area (Å²) in [6.45, 7) is 1.51. The van der Waals surface area contributed by atoms with Crippen LogP contribution in [0.3, 0.4) is 0 Å². The second-order valence-electron chi connectivity index (χ2n) is 5.52. The van der Waals surface area contributed by atoms with Gasteiger partial charge in [0.15, 0.2) is 0 Å². The van der Waals surface area contributed by atoms with Gasteiger partial charge in [-0.3, -0.25) is 0 Å². The molecule has 2 saturated heterocycles. The summed E-state index contributed by atoms with van der Waals surface area (Å²) in [4.78, 5) is 0. The number of hydrogen-bond donors (Lipinski definition) is 0. The van der Waals surface area contributed by atoms with Crippen LogP contribution in [0.1, 0.15) is 11.5 Å². The van der Waals surface area contributed by atoms with Gasteiger partial charge >= 0.3 is 0 Å². The zero-order valence-corrected chi connectivity index (χ0v) is 11.6. The molecule has 0 aromatic carbocycles. The number of epoxide rings is 2. The highest BCUT2D eigenvalue weighted by molar-refractivity contribution is 5.04. The van der Waals surface area contributed by atoms with E-state index in [-0.39, 0.29) is 24.4 Å². The second kappa shape index (κ2) is 5.67. The fraction of sp³-hybridized carbons (Fsp3) is 0.500. The molecule has 5 heteroatoms. The average molecular weight is 290 g/mol. The van der Waals surface area contributed by atoms with Gasteiger partial charge in [0.25, 0.3) is 0 Å². The Labute approximate surface area is 122 Å². The fourth-order valence-corrected chi connectivity index (χ4v) is 2.55. The summed E-state index contributed by atoms with van der Waals surface area (Å²) in [5.41, 5.74) is 0. The lowest BCUT2D eigenvalue weighted by molar-refractivity contribution is -0.0407. The number of hydrogen-bond acceptors (Lipinski definition) is 5. The van der Waals surface area contributed by atoms with E-state index in [1.54, 1.807) is 12.5 Å². The smallest absolute Gasteiger partial charge is 0.107 e. The summed E-state index contributed by atoms with van der Waals surface area (Å²) in [6, 6.07) is 7.72. The van der Waals surface area contributed by atoms with E-state index in [0.29, 0.717) is 0 Å². The molecule has 0 bridgehead atoms. The van der Waals surface area contributed by atoms with Gasteiger partial charge in [-0.2, -0.15) is 0 Å². The highest BCUT2D eigenvalue weighted by Gasteiger charge is 2.41. The molecule has 0 spiro atoms. The number of ether oxygens (including phenoxy) is 3. The van der Waals surface area contributed by atoms with Crippen molar-refractivity contribution in [2.24, 2.45) is 0 Å². The minimum Gasteiger partial charge on any atom is -0.469 e. The molecule has 4 heterocycles. The van der Waals surface area contributed by atoms with Crippen LogP contribution in [0.25, 0.3) is 0 Å². The summed E-state index contributed by atoms with van der Waals surface area (Å²) < 4.78 is 28.0. The van der Waals surface area contributed by atoms with Crippen molar-refractivity contribution in [2.45, 2.75) is 37.3 Å². The van der Waals surface area contributed by atoms with Crippen LogP contribution in [0.2, 0.25) is 0 Å². The first-order valence-electron chi connectivity index (χ1n) is 7.32. The molecule has 2 aliphatic rings. The zero-order valence-electron chi connectivity index (χ0n) is 11.6. The molecule has 2 aromatic heterocycles. The minimum atomic E-state index is 0.000289. The lowest BCUT2D eigenvalue weighted by atomic mass is 10.1. The highest BCUT2D eigenvalue weighted by atomic mass is 16.6. The first kappa shape index (κ1) is 13.1. The second-order valence-corrected chi connectivity index (χ2v) is 5.52. The predicted octanol–water partition coefficient (Wildman–Crippen LogP) is 2.21. The Kier molecular flexibility index (Phi) is 3.55. The van der Waals surface area contributed by atoms with E-state index in [1.807, 2.05) is 24.3 Å². The van der Waals surface area contributed by atoms with Crippen LogP contribution in [-0.4, -0.2) is 37.6 Å². The SMILES string of the molecule is c1coc(CC(OC(Cc2ccco2)C2CO2)C2CO2)c1. The molecule has 4 rings (SSSR count). The summed E-state index contributed by atoms with van der Waals surface area (Å²) in [6.07, 6.45) is 5.13. The van der Waals surface area contributed by atoms with Crippen molar-refractivity contribution in [3.05, 3.63) is 48.3 Å². The molecule has 0 amide bonds. The van der Waals surface area contributed by atoms with Crippen LogP contribution >= 0.6 is 0 Å². The molecule has 21 heavy (non-hydrogen) atoms. The summed E-state index contributed by atoms with van der Waals surface area (Å²) in [7, 11) is 0. The van der Waals surface area contributed by atoms with Gasteiger partial charge in [-0.05, 0) is 24.3 Å². The Bertz CT molecular complexity index is 489. The van der Waals surface area contributed by atoms with E-state index in [0.717, 1.165) is 37.6 Å². The van der Waals surface area contributed by atoms with Crippen LogP contribution < -0.4 is 0 Å². The minimum absolute atomic E-state index is 0.000289. The van der Waals surface area contributed by atoms with Crippen molar-refractivity contribution in [3.63, 3.8) is 0 Å². The largest absolute Gasteiger partial charge is 0.469 e. The van der Waals surface area contributed by atoms with Gasteiger partial charge in [0.1, 0.15) is 23.7 Å². The molecule has 0 aliphatic carbocycles. The van der Waals surface area contributed by atoms with Gasteiger partial charge in [-0.15, -0.1) is 0 Å². The highest BCUT2D eigenvalue weighted by Crippen LogP contribution is 2.28. The monoisotopic (exact) mass is 290 g/mol. The first-order chi connectivity index (χ1) is 10.4. The summed E-state index contributed by atoms with van der Waals surface area (Å²) >= 11 is 0. The van der Waals surface area contributed by atoms with Crippen LogP contribution in [-0.2, 0) is 27.1 Å². The molecule has 112 valence electrons. The number of furan rings is 2. The topological polar surface area (TPSA) is 60.6 Å². The van der Waals surface area contributed by atoms with E-state index >= 15 is 0 Å². The quantitative estimate of drug-likeness (QED) is 0.698. The molecule has 0 radical (unpaired) electrons. The third kappa shape index (κ3) is 3.37. The van der Waals surface area contributed by atoms with Crippen molar-refractivity contribution in [1.29, 1.82) is 0 Å². The standard InChI is InChI=1S/C16H18O5/c1-3-11(17-5-1)7-13(15-9-19-15)21-14(16-10-20-16)8-12-4-2-6-18-12/h1-6,13-16H,7-10H2. The third-order valence-corrected chi connectivity index (χ3v) is 3.86. The lowest BCUT2D eigenvalue weighted by Crippen LogP contribution is -2.33. The van der Waals surface area contributed by atoms with Crippen molar-refractivity contribution in [2.75, 3.05) is 13.2 Å². The van der Waals surface area contributed by atoms with Crippen molar-refractivity contribution in [3.8, 4) is 0 Å². The molecule has 2 fully saturated rings. The summed E-state index contributed by atoms with van der Waals surface area (Å²) in [5, 5.41) is 0. The molecule has 0 saturated carbocycles. The maximum Gasteiger partial charge on any atom is 0.107 e. The molecular weight excluding hydrogens is 272 g/mol. The molecule has 4 unspecified atom stereocenters. The third-order valence-electron chi connectivity index (χ3n) is 3.86. The Morgan fingerprint density at radius 3 is 1.71 bits per heavy atom. The lowest BCUT2D eigenvalue weighted by Gasteiger charge is -2.21. The van der Waals surface area contributed by atoms with Crippen molar-refractivity contribution < 1.29 is 23.0 Å². The van der Waals surface area contributed by atoms with Gasteiger partial charge in [-0.1, -0.05) is 0 Å². The van der Waals surface area contributed by atoms with Gasteiger partial charge in [-0.25, -0.2) is 0 Å². The predicted molar refractivity (Wildman–Crippen MR) is 73.0 cm³/mol. The van der Waals surface area contributed by atoms with Crippen LogP contribution in [0, 0.1) is 0 Å². The van der Waals surface area contributed by atoms with E-state index in [4.69, 9.17) is 23.0 Å². The van der Waals surface area contributed by atoms with Gasteiger partial charge in [0.2, 0.25) is 0 Å².